The van der Waals surface area contributed by atoms with Crippen LogP contribution in [0.15, 0.2) is 24.3 Å². The highest BCUT2D eigenvalue weighted by Gasteiger charge is 2.52. The fourth-order valence-electron chi connectivity index (χ4n) is 6.72. The highest BCUT2D eigenvalue weighted by Crippen LogP contribution is 2.61. The molecule has 5 aliphatic rings. The van der Waals surface area contributed by atoms with Crippen LogP contribution in [0.2, 0.25) is 0 Å². The Morgan fingerprint density at radius 3 is 2.09 bits per heavy atom. The summed E-state index contributed by atoms with van der Waals surface area (Å²) in [5.74, 6) is 4.39. The smallest absolute Gasteiger partial charge is 0.0462 e. The van der Waals surface area contributed by atoms with E-state index in [2.05, 4.69) is 24.3 Å². The van der Waals surface area contributed by atoms with E-state index in [0.717, 1.165) is 23.7 Å². The van der Waals surface area contributed by atoms with Crippen molar-refractivity contribution >= 4 is 0 Å². The zero-order valence-corrected chi connectivity index (χ0v) is 13.5. The molecule has 22 heavy (non-hydrogen) atoms. The fraction of sp³-hybridized carbons (Fsp3) is 0.714. The summed E-state index contributed by atoms with van der Waals surface area (Å²) in [6.07, 6.45) is 11.4. The van der Waals surface area contributed by atoms with Crippen LogP contribution in [-0.2, 0) is 11.8 Å². The van der Waals surface area contributed by atoms with Crippen molar-refractivity contribution < 1.29 is 5.11 Å². The number of benzene rings is 1. The molecular weight excluding hydrogens is 268 g/mol. The second-order valence-corrected chi connectivity index (χ2v) is 9.00. The molecule has 1 N–H and O–H groups in total. The molecule has 2 unspecified atom stereocenters. The topological polar surface area (TPSA) is 20.2 Å². The Morgan fingerprint density at radius 1 is 0.864 bits per heavy atom. The normalized spacial score (nSPS) is 45.2. The summed E-state index contributed by atoms with van der Waals surface area (Å²) in [5, 5.41) is 9.35. The molecule has 2 atom stereocenters. The van der Waals surface area contributed by atoms with Gasteiger partial charge < -0.3 is 5.11 Å². The van der Waals surface area contributed by atoms with Gasteiger partial charge in [0.05, 0.1) is 0 Å². The predicted octanol–water partition coefficient (Wildman–Crippen LogP) is 4.33. The highest BCUT2D eigenvalue weighted by molar-refractivity contribution is 5.37. The summed E-state index contributed by atoms with van der Waals surface area (Å²) in [6, 6.07) is 9.35. The van der Waals surface area contributed by atoms with Gasteiger partial charge in [-0.05, 0) is 97.5 Å². The molecule has 0 amide bonds. The van der Waals surface area contributed by atoms with Gasteiger partial charge >= 0.3 is 0 Å². The molecule has 0 spiro atoms. The fourth-order valence-corrected chi connectivity index (χ4v) is 6.72. The molecule has 1 heteroatoms. The van der Waals surface area contributed by atoms with Crippen LogP contribution in [-0.4, -0.2) is 11.7 Å². The Bertz CT molecular complexity index is 540. The molecule has 1 nitrogen and oxygen atoms in total. The summed E-state index contributed by atoms with van der Waals surface area (Å²) in [6.45, 7) is 0.393. The van der Waals surface area contributed by atoms with E-state index in [-0.39, 0.29) is 0 Å². The van der Waals surface area contributed by atoms with Gasteiger partial charge in [-0.1, -0.05) is 24.3 Å². The van der Waals surface area contributed by atoms with Crippen LogP contribution in [0.5, 0.6) is 0 Å². The van der Waals surface area contributed by atoms with E-state index in [1.54, 1.807) is 11.1 Å². The van der Waals surface area contributed by atoms with Gasteiger partial charge in [-0.2, -0.15) is 0 Å². The molecular formula is C21H28O. The monoisotopic (exact) mass is 296 g/mol. The summed E-state index contributed by atoms with van der Waals surface area (Å²) in [5.41, 5.74) is 3.85. The van der Waals surface area contributed by atoms with Crippen molar-refractivity contribution in [2.75, 3.05) is 6.61 Å². The summed E-state index contributed by atoms with van der Waals surface area (Å²) in [7, 11) is 0. The minimum atomic E-state index is 0.393. The number of hydrogen-bond donors (Lipinski definition) is 1. The maximum atomic E-state index is 9.35. The van der Waals surface area contributed by atoms with Crippen LogP contribution in [0.25, 0.3) is 0 Å². The second-order valence-electron chi connectivity index (χ2n) is 9.00. The van der Waals surface area contributed by atoms with Gasteiger partial charge in [0.15, 0.2) is 0 Å². The maximum Gasteiger partial charge on any atom is 0.0462 e. The van der Waals surface area contributed by atoms with Gasteiger partial charge in [0.1, 0.15) is 0 Å². The Kier molecular flexibility index (Phi) is 2.99. The molecule has 5 saturated carbocycles. The molecule has 5 aliphatic carbocycles. The lowest BCUT2D eigenvalue weighted by molar-refractivity contribution is -0.00560. The van der Waals surface area contributed by atoms with Crippen LogP contribution in [0, 0.1) is 29.6 Å². The average Bonchev–Trinajstić information content (AvgIpc) is 3.24. The first-order valence-corrected chi connectivity index (χ1v) is 9.45. The lowest BCUT2D eigenvalue weighted by Gasteiger charge is -2.57. The van der Waals surface area contributed by atoms with Crippen molar-refractivity contribution in [2.45, 2.75) is 56.8 Å². The molecule has 0 aromatic heterocycles. The van der Waals surface area contributed by atoms with Crippen molar-refractivity contribution in [3.05, 3.63) is 35.4 Å². The zero-order chi connectivity index (χ0) is 14.7. The average molecular weight is 296 g/mol. The number of hydrogen-bond acceptors (Lipinski definition) is 1. The van der Waals surface area contributed by atoms with Gasteiger partial charge in [0.2, 0.25) is 0 Å². The predicted molar refractivity (Wildman–Crippen MR) is 88.7 cm³/mol. The summed E-state index contributed by atoms with van der Waals surface area (Å²) >= 11 is 0. The van der Waals surface area contributed by atoms with E-state index < -0.39 is 0 Å². The molecule has 5 fully saturated rings. The molecule has 0 radical (unpaired) electrons. The van der Waals surface area contributed by atoms with E-state index in [1.165, 1.54) is 51.4 Å². The van der Waals surface area contributed by atoms with Crippen LogP contribution in [0.4, 0.5) is 0 Å². The van der Waals surface area contributed by atoms with Crippen molar-refractivity contribution in [3.8, 4) is 0 Å². The number of rotatable bonds is 4. The first-order chi connectivity index (χ1) is 10.8. The van der Waals surface area contributed by atoms with Gasteiger partial charge in [-0.3, -0.25) is 0 Å². The zero-order valence-electron chi connectivity index (χ0n) is 13.5. The maximum absolute atomic E-state index is 9.35. The Labute approximate surface area is 134 Å². The van der Waals surface area contributed by atoms with Crippen molar-refractivity contribution in [1.82, 2.24) is 0 Å². The van der Waals surface area contributed by atoms with E-state index in [9.17, 15) is 5.11 Å². The largest absolute Gasteiger partial charge is 0.396 e. The Hall–Kier alpha value is -0.820. The first-order valence-electron chi connectivity index (χ1n) is 9.45. The Morgan fingerprint density at radius 2 is 1.50 bits per heavy atom. The molecule has 1 aromatic carbocycles. The lowest BCUT2D eigenvalue weighted by Crippen LogP contribution is -2.48. The van der Waals surface area contributed by atoms with E-state index >= 15 is 0 Å². The molecule has 1 aromatic rings. The molecule has 0 heterocycles. The molecule has 118 valence electrons. The third-order valence-electron chi connectivity index (χ3n) is 7.41. The van der Waals surface area contributed by atoms with Gasteiger partial charge in [0, 0.05) is 6.61 Å². The minimum Gasteiger partial charge on any atom is -0.396 e. The molecule has 6 rings (SSSR count). The number of aliphatic hydroxyl groups is 1. The van der Waals surface area contributed by atoms with Gasteiger partial charge in [0.25, 0.3) is 0 Å². The highest BCUT2D eigenvalue weighted by atomic mass is 16.3. The Balaban J connectivity index is 1.47. The molecule has 0 saturated heterocycles. The van der Waals surface area contributed by atoms with Crippen molar-refractivity contribution in [1.29, 1.82) is 0 Å². The van der Waals surface area contributed by atoms with E-state index in [1.807, 2.05) is 0 Å². The minimum absolute atomic E-state index is 0.393. The van der Waals surface area contributed by atoms with Crippen molar-refractivity contribution in [3.63, 3.8) is 0 Å². The van der Waals surface area contributed by atoms with Gasteiger partial charge in [-0.15, -0.1) is 0 Å². The van der Waals surface area contributed by atoms with Crippen LogP contribution >= 0.6 is 0 Å². The molecule has 4 bridgehead atoms. The quantitative estimate of drug-likeness (QED) is 0.877. The summed E-state index contributed by atoms with van der Waals surface area (Å²) < 4.78 is 0. The third-order valence-corrected chi connectivity index (χ3v) is 7.41. The van der Waals surface area contributed by atoms with Crippen LogP contribution < -0.4 is 0 Å². The standard InChI is InChI=1S/C21H28O/c22-13-19-9-18(19)8-17-3-1-2-4-20(17)21-10-14-5-15(11-21)7-16(6-14)12-21/h1-4,14-16,18-19,22H,5-13H2. The second kappa shape index (κ2) is 4.84. The van der Waals surface area contributed by atoms with E-state index in [4.69, 9.17) is 0 Å². The number of aliphatic hydroxyl groups excluding tert-OH is 1. The lowest BCUT2D eigenvalue weighted by atomic mass is 9.47. The van der Waals surface area contributed by atoms with Crippen LogP contribution in [0.3, 0.4) is 0 Å². The molecule has 0 aliphatic heterocycles. The summed E-state index contributed by atoms with van der Waals surface area (Å²) in [4.78, 5) is 0. The SMILES string of the molecule is OCC1CC1Cc1ccccc1C12CC3CC(CC(C3)C1)C2. The third kappa shape index (κ3) is 2.08. The van der Waals surface area contributed by atoms with E-state index in [0.29, 0.717) is 17.9 Å². The van der Waals surface area contributed by atoms with Gasteiger partial charge in [-0.25, -0.2) is 0 Å². The van der Waals surface area contributed by atoms with Crippen molar-refractivity contribution in [2.24, 2.45) is 29.6 Å². The first kappa shape index (κ1) is 13.6. The van der Waals surface area contributed by atoms with Crippen LogP contribution in [0.1, 0.15) is 56.1 Å².